The van der Waals surface area contributed by atoms with Crippen LogP contribution in [0.4, 0.5) is 20.2 Å². The zero-order chi connectivity index (χ0) is 26.5. The Balaban J connectivity index is 0.00000336. The van der Waals surface area contributed by atoms with Crippen molar-refractivity contribution in [1.29, 1.82) is 0 Å². The van der Waals surface area contributed by atoms with E-state index >= 15 is 8.78 Å². The molecule has 2 heterocycles. The minimum absolute atomic E-state index is 0. The van der Waals surface area contributed by atoms with Gasteiger partial charge in [0.2, 0.25) is 5.43 Å². The molecule has 1 aliphatic carbocycles. The van der Waals surface area contributed by atoms with Crippen LogP contribution >= 0.6 is 12.4 Å². The van der Waals surface area contributed by atoms with Crippen molar-refractivity contribution in [3.63, 3.8) is 0 Å². The molecule has 1 atom stereocenters. The van der Waals surface area contributed by atoms with Crippen LogP contribution in [0.5, 0.6) is 0 Å². The van der Waals surface area contributed by atoms with Gasteiger partial charge in [-0.05, 0) is 18.4 Å². The predicted molar refractivity (Wildman–Crippen MR) is 143 cm³/mol. The van der Waals surface area contributed by atoms with Crippen LogP contribution in [0.2, 0.25) is 0 Å². The number of nitrogen functional groups attached to an aromatic ring is 1. The number of pyridine rings is 1. The molecular formula is C26H28ClF2N5O4. The van der Waals surface area contributed by atoms with E-state index in [2.05, 4.69) is 5.16 Å². The number of benzene rings is 2. The summed E-state index contributed by atoms with van der Waals surface area (Å²) in [6, 6.07) is 9.22. The third-order valence-corrected chi connectivity index (χ3v) is 7.13. The largest absolute Gasteiger partial charge is 0.477 e. The maximum atomic E-state index is 16.1. The average molecular weight is 548 g/mol. The number of hydrogen-bond donors (Lipinski definition) is 3. The SMILES string of the molecule is CC1(CN)CN(c2c(F)c(N)c3c(=O)c(C(=O)O)cn(C4CC4)c3c2F)CC1=NOCc1ccccc1.Cl. The molecule has 0 spiro atoms. The monoisotopic (exact) mass is 547 g/mol. The van der Waals surface area contributed by atoms with Crippen molar-refractivity contribution in [3.8, 4) is 0 Å². The lowest BCUT2D eigenvalue weighted by Crippen LogP contribution is -2.36. The summed E-state index contributed by atoms with van der Waals surface area (Å²) in [6.45, 7) is 2.37. The molecule has 2 aliphatic rings. The highest BCUT2D eigenvalue weighted by atomic mass is 35.5. The molecule has 5 N–H and O–H groups in total. The van der Waals surface area contributed by atoms with Gasteiger partial charge in [0, 0.05) is 30.7 Å². The zero-order valence-corrected chi connectivity index (χ0v) is 21.4. The van der Waals surface area contributed by atoms with Gasteiger partial charge in [0.1, 0.15) is 17.9 Å². The van der Waals surface area contributed by atoms with Gasteiger partial charge in [-0.1, -0.05) is 42.4 Å². The molecule has 0 bridgehead atoms. The number of nitrogens with zero attached hydrogens (tertiary/aromatic N) is 3. The highest BCUT2D eigenvalue weighted by molar-refractivity contribution is 6.02. The lowest BCUT2D eigenvalue weighted by molar-refractivity contribution is 0.0694. The molecule has 202 valence electrons. The molecule has 2 fully saturated rings. The van der Waals surface area contributed by atoms with E-state index < -0.39 is 50.8 Å². The maximum Gasteiger partial charge on any atom is 0.341 e. The van der Waals surface area contributed by atoms with E-state index in [4.69, 9.17) is 16.3 Å². The minimum Gasteiger partial charge on any atom is -0.477 e. The molecule has 12 heteroatoms. The summed E-state index contributed by atoms with van der Waals surface area (Å²) < 4.78 is 33.2. The number of nitrogens with two attached hydrogens (primary N) is 2. The summed E-state index contributed by atoms with van der Waals surface area (Å²) in [6.07, 6.45) is 2.47. The van der Waals surface area contributed by atoms with Crippen molar-refractivity contribution < 1.29 is 23.5 Å². The third kappa shape index (κ3) is 4.56. The van der Waals surface area contributed by atoms with Crippen LogP contribution in [-0.4, -0.2) is 41.0 Å². The van der Waals surface area contributed by atoms with Crippen LogP contribution in [0, 0.1) is 17.0 Å². The van der Waals surface area contributed by atoms with Crippen molar-refractivity contribution >= 4 is 46.4 Å². The van der Waals surface area contributed by atoms with Gasteiger partial charge < -0.3 is 30.9 Å². The minimum atomic E-state index is -1.49. The molecule has 5 rings (SSSR count). The Kier molecular flexibility index (Phi) is 7.35. The van der Waals surface area contributed by atoms with Crippen LogP contribution in [0.3, 0.4) is 0 Å². The fraction of sp³-hybridized carbons (Fsp3) is 0.346. The zero-order valence-electron chi connectivity index (χ0n) is 20.6. The van der Waals surface area contributed by atoms with E-state index in [1.165, 1.54) is 9.47 Å². The lowest BCUT2D eigenvalue weighted by atomic mass is 9.88. The van der Waals surface area contributed by atoms with Crippen molar-refractivity contribution in [2.45, 2.75) is 32.4 Å². The fourth-order valence-corrected chi connectivity index (χ4v) is 4.80. The molecule has 38 heavy (non-hydrogen) atoms. The van der Waals surface area contributed by atoms with Crippen molar-refractivity contribution in [2.24, 2.45) is 16.3 Å². The van der Waals surface area contributed by atoms with Gasteiger partial charge in [-0.2, -0.15) is 0 Å². The molecule has 0 radical (unpaired) electrons. The van der Waals surface area contributed by atoms with Crippen LogP contribution in [0.15, 0.2) is 46.5 Å². The molecule has 0 amide bonds. The Hall–Kier alpha value is -3.70. The van der Waals surface area contributed by atoms with Crippen LogP contribution < -0.4 is 21.8 Å². The number of fused-ring (bicyclic) bond motifs is 1. The van der Waals surface area contributed by atoms with Crippen LogP contribution in [0.25, 0.3) is 10.9 Å². The first-order valence-electron chi connectivity index (χ1n) is 11.9. The van der Waals surface area contributed by atoms with E-state index in [0.29, 0.717) is 18.6 Å². The van der Waals surface area contributed by atoms with Gasteiger partial charge in [0.25, 0.3) is 0 Å². The Bertz CT molecular complexity index is 1490. The second-order valence-corrected chi connectivity index (χ2v) is 9.85. The first-order valence-corrected chi connectivity index (χ1v) is 11.9. The molecule has 1 aliphatic heterocycles. The predicted octanol–water partition coefficient (Wildman–Crippen LogP) is 3.67. The van der Waals surface area contributed by atoms with Crippen molar-refractivity contribution in [1.82, 2.24) is 4.57 Å². The van der Waals surface area contributed by atoms with Gasteiger partial charge in [-0.25, -0.2) is 13.6 Å². The molecule has 2 aromatic carbocycles. The standard InChI is InChI=1S/C26H27F2N5O4.ClH/c1-26(12-29)13-32(10-17(26)31-37-11-14-5-3-2-4-6-14)23-19(27)21(30)18-22(20(23)28)33(15-7-8-15)9-16(24(18)34)25(35)36;/h2-6,9,15H,7-8,10-13,29-30H2,1H3,(H,35,36);1H. The summed E-state index contributed by atoms with van der Waals surface area (Å²) >= 11 is 0. The second kappa shape index (κ2) is 10.2. The summed E-state index contributed by atoms with van der Waals surface area (Å²) in [5.74, 6) is -3.59. The lowest BCUT2D eigenvalue weighted by Gasteiger charge is -2.25. The quantitative estimate of drug-likeness (QED) is 0.303. The Morgan fingerprint density at radius 2 is 1.92 bits per heavy atom. The van der Waals surface area contributed by atoms with Crippen molar-refractivity contribution in [2.75, 3.05) is 30.3 Å². The molecule has 1 unspecified atom stereocenters. The summed E-state index contributed by atoms with van der Waals surface area (Å²) in [4.78, 5) is 31.5. The van der Waals surface area contributed by atoms with E-state index in [0.717, 1.165) is 11.8 Å². The highest BCUT2D eigenvalue weighted by Crippen LogP contribution is 2.43. The highest BCUT2D eigenvalue weighted by Gasteiger charge is 2.43. The number of hydrogen-bond acceptors (Lipinski definition) is 7. The molecular weight excluding hydrogens is 520 g/mol. The molecule has 1 saturated heterocycles. The second-order valence-electron chi connectivity index (χ2n) is 9.85. The van der Waals surface area contributed by atoms with Gasteiger partial charge in [-0.15, -0.1) is 12.4 Å². The van der Waals surface area contributed by atoms with Crippen molar-refractivity contribution in [3.05, 3.63) is 69.5 Å². The van der Waals surface area contributed by atoms with E-state index in [1.54, 1.807) is 0 Å². The number of aromatic nitrogens is 1. The molecule has 9 nitrogen and oxygen atoms in total. The number of anilines is 2. The first-order chi connectivity index (χ1) is 17.7. The number of carbonyl (C=O) groups is 1. The number of oxime groups is 1. The third-order valence-electron chi connectivity index (χ3n) is 7.13. The number of rotatable bonds is 7. The Labute approximate surface area is 223 Å². The Morgan fingerprint density at radius 3 is 2.53 bits per heavy atom. The van der Waals surface area contributed by atoms with E-state index in [9.17, 15) is 14.7 Å². The molecule has 3 aromatic rings. The average Bonchev–Trinajstić information content (AvgIpc) is 3.67. The molecule has 1 aromatic heterocycles. The van der Waals surface area contributed by atoms with E-state index in [-0.39, 0.29) is 50.2 Å². The summed E-state index contributed by atoms with van der Waals surface area (Å²) in [5, 5.41) is 13.3. The van der Waals surface area contributed by atoms with Gasteiger partial charge in [0.05, 0.1) is 28.8 Å². The van der Waals surface area contributed by atoms with Crippen LogP contribution in [0.1, 0.15) is 41.7 Å². The normalized spacial score (nSPS) is 20.1. The molecule has 1 saturated carbocycles. The summed E-state index contributed by atoms with van der Waals surface area (Å²) in [7, 11) is 0. The van der Waals surface area contributed by atoms with Gasteiger partial charge in [-0.3, -0.25) is 4.79 Å². The number of carboxylic acid groups (broad SMARTS) is 1. The summed E-state index contributed by atoms with van der Waals surface area (Å²) in [5.41, 5.74) is 9.97. The van der Waals surface area contributed by atoms with Gasteiger partial charge in [0.15, 0.2) is 11.6 Å². The maximum absolute atomic E-state index is 16.1. The fourth-order valence-electron chi connectivity index (χ4n) is 4.80. The Morgan fingerprint density at radius 1 is 1.24 bits per heavy atom. The first kappa shape index (κ1) is 27.3. The number of halogens is 3. The topological polar surface area (TPSA) is 136 Å². The number of aromatic carboxylic acids is 1. The van der Waals surface area contributed by atoms with Crippen LogP contribution in [-0.2, 0) is 11.4 Å². The number of carboxylic acids is 1. The van der Waals surface area contributed by atoms with E-state index in [1.807, 2.05) is 37.3 Å². The smallest absolute Gasteiger partial charge is 0.341 e. The van der Waals surface area contributed by atoms with Gasteiger partial charge >= 0.3 is 5.97 Å².